The molecule has 0 aromatic heterocycles. The number of hydrogen-bond acceptors (Lipinski definition) is 4. The molecule has 29 heavy (non-hydrogen) atoms. The van der Waals surface area contributed by atoms with Crippen LogP contribution in [0, 0.1) is 0 Å². The first-order valence-corrected chi connectivity index (χ1v) is 9.88. The van der Waals surface area contributed by atoms with Gasteiger partial charge in [-0.25, -0.2) is 0 Å². The Morgan fingerprint density at radius 2 is 1.76 bits per heavy atom. The number of hydrogen-bond donors (Lipinski definition) is 3. The van der Waals surface area contributed by atoms with Crippen molar-refractivity contribution in [2.24, 2.45) is 4.99 Å². The van der Waals surface area contributed by atoms with Gasteiger partial charge in [-0.2, -0.15) is 0 Å². The molecule has 0 radical (unpaired) electrons. The lowest BCUT2D eigenvalue weighted by Gasteiger charge is -2.22. The van der Waals surface area contributed by atoms with E-state index in [1.165, 1.54) is 0 Å². The summed E-state index contributed by atoms with van der Waals surface area (Å²) in [5, 5.41) is 9.16. The Kier molecular flexibility index (Phi) is 11.5. The van der Waals surface area contributed by atoms with E-state index in [4.69, 9.17) is 9.47 Å². The lowest BCUT2D eigenvalue weighted by Crippen LogP contribution is -2.48. The van der Waals surface area contributed by atoms with Gasteiger partial charge in [0, 0.05) is 32.3 Å². The average molecular weight is 518 g/mol. The molecule has 0 aliphatic carbocycles. The van der Waals surface area contributed by atoms with Crippen molar-refractivity contribution < 1.29 is 14.3 Å². The Balaban J connectivity index is 0.00000420. The van der Waals surface area contributed by atoms with Crippen LogP contribution < -0.4 is 16.0 Å². The van der Waals surface area contributed by atoms with Gasteiger partial charge in [-0.05, 0) is 44.7 Å². The Bertz CT molecular complexity index is 638. The lowest BCUT2D eigenvalue weighted by molar-refractivity contribution is -0.121. The number of halogens is 1. The summed E-state index contributed by atoms with van der Waals surface area (Å²) in [5.41, 5.74) is 2.06. The summed E-state index contributed by atoms with van der Waals surface area (Å²) < 4.78 is 11.3. The van der Waals surface area contributed by atoms with E-state index in [1.54, 1.807) is 7.05 Å². The molecule has 3 N–H and O–H groups in total. The molecule has 1 aromatic rings. The van der Waals surface area contributed by atoms with Crippen molar-refractivity contribution in [1.29, 1.82) is 0 Å². The molecule has 7 nitrogen and oxygen atoms in total. The van der Waals surface area contributed by atoms with Crippen LogP contribution in [0.4, 0.5) is 0 Å². The van der Waals surface area contributed by atoms with Crippen LogP contribution in [0.25, 0.3) is 0 Å². The van der Waals surface area contributed by atoms with Crippen LogP contribution in [0.5, 0.6) is 0 Å². The van der Waals surface area contributed by atoms with Crippen LogP contribution in [0.15, 0.2) is 29.3 Å². The van der Waals surface area contributed by atoms with E-state index in [2.05, 4.69) is 45.2 Å². The molecule has 0 unspecified atom stereocenters. The summed E-state index contributed by atoms with van der Waals surface area (Å²) >= 11 is 0. The molecule has 1 aliphatic heterocycles. The fraction of sp³-hybridized carbons (Fsp3) is 0.619. The van der Waals surface area contributed by atoms with Crippen molar-refractivity contribution in [3.63, 3.8) is 0 Å². The molecule has 1 heterocycles. The molecule has 1 fully saturated rings. The molecule has 2 rings (SSSR count). The molecule has 0 saturated carbocycles. The highest BCUT2D eigenvalue weighted by Gasteiger charge is 2.14. The fourth-order valence-corrected chi connectivity index (χ4v) is 2.84. The van der Waals surface area contributed by atoms with Crippen LogP contribution in [-0.2, 0) is 27.4 Å². The normalized spacial score (nSPS) is 15.4. The van der Waals surface area contributed by atoms with Gasteiger partial charge >= 0.3 is 0 Å². The molecule has 1 amide bonds. The number of rotatable bonds is 7. The van der Waals surface area contributed by atoms with Crippen molar-refractivity contribution in [2.75, 3.05) is 26.8 Å². The van der Waals surface area contributed by atoms with Gasteiger partial charge in [-0.1, -0.05) is 24.3 Å². The number of carbonyl (C=O) groups excluding carboxylic acids is 1. The topological polar surface area (TPSA) is 84.0 Å². The Labute approximate surface area is 191 Å². The van der Waals surface area contributed by atoms with Crippen molar-refractivity contribution in [1.82, 2.24) is 16.0 Å². The number of carbonyl (C=O) groups is 1. The van der Waals surface area contributed by atoms with E-state index in [9.17, 15) is 4.79 Å². The molecule has 164 valence electrons. The number of amides is 1. The third-order valence-corrected chi connectivity index (χ3v) is 4.29. The van der Waals surface area contributed by atoms with Gasteiger partial charge in [0.2, 0.25) is 5.91 Å². The van der Waals surface area contributed by atoms with E-state index in [0.29, 0.717) is 25.2 Å². The van der Waals surface area contributed by atoms with Gasteiger partial charge < -0.3 is 25.4 Å². The minimum atomic E-state index is -0.244. The average Bonchev–Trinajstić information content (AvgIpc) is 2.67. The number of ether oxygens (including phenoxy) is 2. The summed E-state index contributed by atoms with van der Waals surface area (Å²) in [6.07, 6.45) is 2.25. The van der Waals surface area contributed by atoms with Gasteiger partial charge in [0.1, 0.15) is 0 Å². The quantitative estimate of drug-likeness (QED) is 0.294. The molecule has 1 aliphatic rings. The van der Waals surface area contributed by atoms with Crippen LogP contribution in [-0.4, -0.2) is 50.3 Å². The molecular formula is C21H35IN4O3. The number of benzene rings is 1. The molecule has 0 spiro atoms. The number of nitrogens with zero attached hydrogens (tertiary/aromatic N) is 1. The van der Waals surface area contributed by atoms with Gasteiger partial charge in [0.05, 0.1) is 19.3 Å². The monoisotopic (exact) mass is 518 g/mol. The third kappa shape index (κ3) is 10.8. The summed E-state index contributed by atoms with van der Waals surface area (Å²) in [5.74, 6) is 0.528. The van der Waals surface area contributed by atoms with Gasteiger partial charge in [0.25, 0.3) is 0 Å². The van der Waals surface area contributed by atoms with E-state index in [1.807, 2.05) is 20.8 Å². The van der Waals surface area contributed by atoms with Crippen LogP contribution in [0.3, 0.4) is 0 Å². The SMILES string of the molecule is CN=C(NCC(=O)NC(C)(C)C)NCc1ccc(COC2CCOCC2)cc1.I. The molecule has 0 atom stereocenters. The van der Waals surface area contributed by atoms with E-state index in [-0.39, 0.29) is 42.0 Å². The minimum Gasteiger partial charge on any atom is -0.381 e. The maximum atomic E-state index is 11.9. The van der Waals surface area contributed by atoms with Crippen LogP contribution in [0.1, 0.15) is 44.7 Å². The first kappa shape index (κ1) is 25.6. The second kappa shape index (κ2) is 13.0. The zero-order valence-corrected chi connectivity index (χ0v) is 20.2. The lowest BCUT2D eigenvalue weighted by atomic mass is 10.1. The highest BCUT2D eigenvalue weighted by atomic mass is 127. The number of nitrogens with one attached hydrogen (secondary N) is 3. The molecule has 8 heteroatoms. The van der Waals surface area contributed by atoms with Crippen LogP contribution >= 0.6 is 24.0 Å². The predicted octanol–water partition coefficient (Wildman–Crippen LogP) is 2.58. The van der Waals surface area contributed by atoms with Crippen molar-refractivity contribution in [3.8, 4) is 0 Å². The Morgan fingerprint density at radius 3 is 2.34 bits per heavy atom. The van der Waals surface area contributed by atoms with E-state index in [0.717, 1.165) is 37.2 Å². The molecular weight excluding hydrogens is 483 g/mol. The van der Waals surface area contributed by atoms with Gasteiger partial charge in [-0.15, -0.1) is 24.0 Å². The molecule has 0 bridgehead atoms. The smallest absolute Gasteiger partial charge is 0.239 e. The highest BCUT2D eigenvalue weighted by molar-refractivity contribution is 14.0. The largest absolute Gasteiger partial charge is 0.381 e. The Hall–Kier alpha value is -1.39. The summed E-state index contributed by atoms with van der Waals surface area (Å²) in [7, 11) is 1.69. The molecule has 1 aromatic carbocycles. The molecule has 1 saturated heterocycles. The minimum absolute atomic E-state index is 0. The second-order valence-corrected chi connectivity index (χ2v) is 8.02. The van der Waals surface area contributed by atoms with Crippen molar-refractivity contribution in [2.45, 2.75) is 58.4 Å². The van der Waals surface area contributed by atoms with Gasteiger partial charge in [0.15, 0.2) is 5.96 Å². The maximum absolute atomic E-state index is 11.9. The standard InChI is InChI=1S/C21H34N4O3.HI/c1-21(2,3)25-19(26)14-24-20(22-4)23-13-16-5-7-17(8-6-16)15-28-18-9-11-27-12-10-18;/h5-8,18H,9-15H2,1-4H3,(H,25,26)(H2,22,23,24);1H. The predicted molar refractivity (Wildman–Crippen MR) is 127 cm³/mol. The van der Waals surface area contributed by atoms with Crippen molar-refractivity contribution >= 4 is 35.8 Å². The van der Waals surface area contributed by atoms with Crippen molar-refractivity contribution in [3.05, 3.63) is 35.4 Å². The first-order chi connectivity index (χ1) is 13.4. The maximum Gasteiger partial charge on any atom is 0.239 e. The Morgan fingerprint density at radius 1 is 1.14 bits per heavy atom. The zero-order valence-electron chi connectivity index (χ0n) is 17.9. The van der Waals surface area contributed by atoms with E-state index >= 15 is 0 Å². The second-order valence-electron chi connectivity index (χ2n) is 8.02. The zero-order chi connectivity index (χ0) is 20.4. The van der Waals surface area contributed by atoms with Crippen LogP contribution in [0.2, 0.25) is 0 Å². The first-order valence-electron chi connectivity index (χ1n) is 9.88. The highest BCUT2D eigenvalue weighted by Crippen LogP contribution is 2.14. The number of guanidine groups is 1. The number of aliphatic imine (C=N–C) groups is 1. The van der Waals surface area contributed by atoms with Gasteiger partial charge in [-0.3, -0.25) is 9.79 Å². The third-order valence-electron chi connectivity index (χ3n) is 4.29. The summed E-state index contributed by atoms with van der Waals surface area (Å²) in [6, 6.07) is 8.33. The van der Waals surface area contributed by atoms with E-state index < -0.39 is 0 Å². The summed E-state index contributed by atoms with van der Waals surface area (Å²) in [4.78, 5) is 16.0. The fourth-order valence-electron chi connectivity index (χ4n) is 2.84. The summed E-state index contributed by atoms with van der Waals surface area (Å²) in [6.45, 7) is 8.89.